The maximum Gasteiger partial charge on any atom is 0.220 e. The van der Waals surface area contributed by atoms with Crippen molar-refractivity contribution in [1.29, 1.82) is 0 Å². The van der Waals surface area contributed by atoms with Gasteiger partial charge in [-0.2, -0.15) is 0 Å². The van der Waals surface area contributed by atoms with Gasteiger partial charge in [0.05, 0.1) is 18.8 Å². The van der Waals surface area contributed by atoms with E-state index in [1.807, 2.05) is 6.08 Å². The van der Waals surface area contributed by atoms with Crippen LogP contribution in [0.1, 0.15) is 251 Å². The van der Waals surface area contributed by atoms with Gasteiger partial charge in [-0.15, -0.1) is 0 Å². The van der Waals surface area contributed by atoms with Crippen LogP contribution in [0.4, 0.5) is 0 Å². The number of carbonyl (C=O) groups excluding carboxylic acids is 1. The molecule has 2 unspecified atom stereocenters. The number of allylic oxidation sites excluding steroid dienone is 9. The number of hydrogen-bond acceptors (Lipinski definition) is 3. The summed E-state index contributed by atoms with van der Waals surface area (Å²) in [5.41, 5.74) is 0. The van der Waals surface area contributed by atoms with Crippen LogP contribution >= 0.6 is 0 Å². The van der Waals surface area contributed by atoms with Crippen molar-refractivity contribution in [3.8, 4) is 0 Å². The lowest BCUT2D eigenvalue weighted by Crippen LogP contribution is -2.45. The summed E-state index contributed by atoms with van der Waals surface area (Å²) < 4.78 is 0. The third-order valence-electron chi connectivity index (χ3n) is 11.2. The minimum atomic E-state index is -0.865. The quantitative estimate of drug-likeness (QED) is 0.0425. The summed E-state index contributed by atoms with van der Waals surface area (Å²) in [6.07, 6.45) is 67.8. The average Bonchev–Trinajstić information content (AvgIpc) is 3.22. The summed E-state index contributed by atoms with van der Waals surface area (Å²) >= 11 is 0. The molecule has 0 heterocycles. The Morgan fingerprint density at radius 1 is 0.421 bits per heavy atom. The van der Waals surface area contributed by atoms with E-state index >= 15 is 0 Å². The SMILES string of the molecule is CCCCCCC/C=C\C/C=C\C/C=C\CCCCCCCCCCCCCCC(=O)NC(CO)C(O)/C=C/CC/C=C/CCCCCCCCCCCCCC. The van der Waals surface area contributed by atoms with Crippen LogP contribution in [-0.2, 0) is 4.79 Å². The average molecular weight is 796 g/mol. The molecule has 57 heavy (non-hydrogen) atoms. The third-order valence-corrected chi connectivity index (χ3v) is 11.2. The van der Waals surface area contributed by atoms with Crippen LogP contribution in [0.15, 0.2) is 60.8 Å². The Morgan fingerprint density at radius 3 is 1.14 bits per heavy atom. The van der Waals surface area contributed by atoms with E-state index in [-0.39, 0.29) is 12.5 Å². The Balaban J connectivity index is 3.57. The third kappa shape index (κ3) is 45.0. The van der Waals surface area contributed by atoms with Crippen molar-refractivity contribution in [2.75, 3.05) is 6.61 Å². The standard InChI is InChI=1S/C53H97NO3/c1-3-5-7-9-11-13-15-17-19-21-23-24-25-26-27-28-29-30-31-33-35-37-39-41-43-45-47-49-53(57)54-51(50-55)52(56)48-46-44-42-40-38-36-34-32-22-20-18-16-14-12-10-8-6-4-2/h15,17,21,23,25-26,38,40,46,48,51-52,55-56H,3-14,16,18-20,22,24,27-37,39,41-45,47,49-50H2,1-2H3,(H,54,57)/b17-15-,23-21-,26-25-,40-38+,48-46+. The summed E-state index contributed by atoms with van der Waals surface area (Å²) in [5.74, 6) is -0.0761. The Hall–Kier alpha value is -1.91. The van der Waals surface area contributed by atoms with Gasteiger partial charge in [0.25, 0.3) is 0 Å². The summed E-state index contributed by atoms with van der Waals surface area (Å²) in [7, 11) is 0. The largest absolute Gasteiger partial charge is 0.394 e. The molecule has 0 aliphatic carbocycles. The number of aliphatic hydroxyl groups is 2. The van der Waals surface area contributed by atoms with Crippen LogP contribution < -0.4 is 5.32 Å². The predicted octanol–water partition coefficient (Wildman–Crippen LogP) is 16.1. The summed E-state index contributed by atoms with van der Waals surface area (Å²) in [5, 5.41) is 23.1. The van der Waals surface area contributed by atoms with Gasteiger partial charge >= 0.3 is 0 Å². The van der Waals surface area contributed by atoms with Crippen molar-refractivity contribution in [2.45, 2.75) is 264 Å². The molecule has 0 aromatic rings. The molecule has 0 aromatic carbocycles. The van der Waals surface area contributed by atoms with Crippen molar-refractivity contribution in [2.24, 2.45) is 0 Å². The number of nitrogens with one attached hydrogen (secondary N) is 1. The molecule has 0 fully saturated rings. The zero-order valence-corrected chi connectivity index (χ0v) is 38.1. The van der Waals surface area contributed by atoms with Crippen LogP contribution in [0.25, 0.3) is 0 Å². The molecule has 4 nitrogen and oxygen atoms in total. The second kappa shape index (κ2) is 48.5. The second-order valence-electron chi connectivity index (χ2n) is 16.9. The monoisotopic (exact) mass is 796 g/mol. The first-order valence-corrected chi connectivity index (χ1v) is 25.0. The number of unbranched alkanes of at least 4 members (excludes halogenated alkanes) is 30. The molecular weight excluding hydrogens is 699 g/mol. The number of rotatable bonds is 45. The minimum absolute atomic E-state index is 0.0761. The Kier molecular flexibility index (Phi) is 46.8. The highest BCUT2D eigenvalue weighted by molar-refractivity contribution is 5.76. The lowest BCUT2D eigenvalue weighted by molar-refractivity contribution is -0.123. The molecule has 0 aliphatic rings. The fourth-order valence-corrected chi connectivity index (χ4v) is 7.38. The van der Waals surface area contributed by atoms with Crippen molar-refractivity contribution in [3.63, 3.8) is 0 Å². The smallest absolute Gasteiger partial charge is 0.220 e. The second-order valence-corrected chi connectivity index (χ2v) is 16.9. The van der Waals surface area contributed by atoms with E-state index in [9.17, 15) is 15.0 Å². The van der Waals surface area contributed by atoms with Crippen LogP contribution in [0.2, 0.25) is 0 Å². The topological polar surface area (TPSA) is 69.6 Å². The van der Waals surface area contributed by atoms with Gasteiger partial charge in [0.1, 0.15) is 0 Å². The molecule has 0 aliphatic heterocycles. The summed E-state index contributed by atoms with van der Waals surface area (Å²) in [6, 6.07) is -0.642. The molecule has 332 valence electrons. The lowest BCUT2D eigenvalue weighted by Gasteiger charge is -2.19. The lowest BCUT2D eigenvalue weighted by atomic mass is 10.0. The molecule has 0 bridgehead atoms. The van der Waals surface area contributed by atoms with Gasteiger partial charge < -0.3 is 15.5 Å². The summed E-state index contributed by atoms with van der Waals surface area (Å²) in [4.78, 5) is 12.4. The molecule has 2 atom stereocenters. The van der Waals surface area contributed by atoms with Crippen molar-refractivity contribution >= 4 is 5.91 Å². The van der Waals surface area contributed by atoms with E-state index in [1.165, 1.54) is 186 Å². The van der Waals surface area contributed by atoms with Gasteiger partial charge in [0.15, 0.2) is 0 Å². The number of aliphatic hydroxyl groups excluding tert-OH is 2. The van der Waals surface area contributed by atoms with Crippen LogP contribution in [0.5, 0.6) is 0 Å². The Labute approximate surface area is 356 Å². The highest BCUT2D eigenvalue weighted by atomic mass is 16.3. The highest BCUT2D eigenvalue weighted by Gasteiger charge is 2.17. The van der Waals surface area contributed by atoms with Crippen molar-refractivity contribution in [3.05, 3.63) is 60.8 Å². The first kappa shape index (κ1) is 55.1. The molecule has 0 saturated carbocycles. The van der Waals surface area contributed by atoms with Crippen molar-refractivity contribution in [1.82, 2.24) is 5.32 Å². The maximum atomic E-state index is 12.4. The fraction of sp³-hybridized carbons (Fsp3) is 0.792. The summed E-state index contributed by atoms with van der Waals surface area (Å²) in [6.45, 7) is 4.29. The number of carbonyl (C=O) groups is 1. The van der Waals surface area contributed by atoms with Gasteiger partial charge in [-0.3, -0.25) is 4.79 Å². The maximum absolute atomic E-state index is 12.4. The van der Waals surface area contributed by atoms with Gasteiger partial charge in [-0.1, -0.05) is 235 Å². The molecule has 0 saturated heterocycles. The normalized spacial score (nSPS) is 13.4. The first-order chi connectivity index (χ1) is 28.2. The first-order valence-electron chi connectivity index (χ1n) is 25.0. The van der Waals surface area contributed by atoms with Gasteiger partial charge in [-0.25, -0.2) is 0 Å². The molecule has 3 N–H and O–H groups in total. The molecule has 0 rings (SSSR count). The molecule has 0 spiro atoms. The number of amides is 1. The van der Waals surface area contributed by atoms with Gasteiger partial charge in [-0.05, 0) is 70.6 Å². The Bertz CT molecular complexity index is 950. The molecule has 0 radical (unpaired) electrons. The zero-order valence-electron chi connectivity index (χ0n) is 38.1. The van der Waals surface area contributed by atoms with Gasteiger partial charge in [0.2, 0.25) is 5.91 Å². The van der Waals surface area contributed by atoms with E-state index in [2.05, 4.69) is 67.8 Å². The van der Waals surface area contributed by atoms with E-state index in [4.69, 9.17) is 0 Å². The molecular formula is C53H97NO3. The minimum Gasteiger partial charge on any atom is -0.394 e. The Morgan fingerprint density at radius 2 is 0.737 bits per heavy atom. The predicted molar refractivity (Wildman–Crippen MR) is 253 cm³/mol. The van der Waals surface area contributed by atoms with Crippen molar-refractivity contribution < 1.29 is 15.0 Å². The highest BCUT2D eigenvalue weighted by Crippen LogP contribution is 2.15. The van der Waals surface area contributed by atoms with E-state index in [0.29, 0.717) is 6.42 Å². The molecule has 4 heteroatoms. The van der Waals surface area contributed by atoms with Crippen LogP contribution in [0, 0.1) is 0 Å². The van der Waals surface area contributed by atoms with E-state index in [0.717, 1.165) is 44.9 Å². The van der Waals surface area contributed by atoms with Crippen LogP contribution in [0.3, 0.4) is 0 Å². The number of hydrogen-bond donors (Lipinski definition) is 3. The molecule has 0 aromatic heterocycles. The van der Waals surface area contributed by atoms with E-state index in [1.54, 1.807) is 6.08 Å². The fourth-order valence-electron chi connectivity index (χ4n) is 7.38. The van der Waals surface area contributed by atoms with E-state index < -0.39 is 12.1 Å². The molecule has 1 amide bonds. The zero-order chi connectivity index (χ0) is 41.4. The van der Waals surface area contributed by atoms with Gasteiger partial charge in [0, 0.05) is 6.42 Å². The van der Waals surface area contributed by atoms with Crippen LogP contribution in [-0.4, -0.2) is 34.9 Å².